The van der Waals surface area contributed by atoms with E-state index in [9.17, 15) is 0 Å². The largest absolute Gasteiger partial charge is 0.378 e. The van der Waals surface area contributed by atoms with Crippen LogP contribution in [0.15, 0.2) is 107 Å². The molecule has 0 heterocycles. The Kier molecular flexibility index (Phi) is 7.74. The molecule has 4 rings (SSSR count). The van der Waals surface area contributed by atoms with Crippen LogP contribution in [0.4, 0.5) is 22.7 Å². The molecule has 0 fully saturated rings. The highest BCUT2D eigenvalue weighted by Crippen LogP contribution is 2.19. The fraction of sp³-hybridized carbons (Fsp3) is 0.161. The molecule has 176 valence electrons. The van der Waals surface area contributed by atoms with Crippen LogP contribution >= 0.6 is 0 Å². The maximum absolute atomic E-state index is 4.61. The highest BCUT2D eigenvalue weighted by atomic mass is 15.1. The first-order valence-electron chi connectivity index (χ1n) is 11.8. The molecule has 0 saturated heterocycles. The normalized spacial score (nSPS) is 11.3. The molecule has 0 spiro atoms. The van der Waals surface area contributed by atoms with E-state index in [0.717, 1.165) is 28.9 Å². The lowest BCUT2D eigenvalue weighted by molar-refractivity contribution is 1.13. The van der Waals surface area contributed by atoms with Gasteiger partial charge in [0, 0.05) is 52.0 Å². The second-order valence-corrected chi connectivity index (χ2v) is 9.00. The van der Waals surface area contributed by atoms with Gasteiger partial charge in [0.1, 0.15) is 0 Å². The van der Waals surface area contributed by atoms with Gasteiger partial charge in [-0.1, -0.05) is 48.5 Å². The van der Waals surface area contributed by atoms with E-state index in [0.29, 0.717) is 0 Å². The minimum atomic E-state index is 0.881. The van der Waals surface area contributed by atoms with Crippen LogP contribution in [-0.2, 0) is 6.42 Å². The molecule has 0 radical (unpaired) electrons. The summed E-state index contributed by atoms with van der Waals surface area (Å²) in [4.78, 5) is 13.4. The summed E-state index contributed by atoms with van der Waals surface area (Å²) < 4.78 is 0. The molecule has 4 nitrogen and oxygen atoms in total. The van der Waals surface area contributed by atoms with Crippen LogP contribution in [0.2, 0.25) is 0 Å². The van der Waals surface area contributed by atoms with Crippen molar-refractivity contribution in [3.63, 3.8) is 0 Å². The molecule has 0 aromatic heterocycles. The third kappa shape index (κ3) is 6.90. The average Bonchev–Trinajstić information content (AvgIpc) is 2.88. The first-order valence-corrected chi connectivity index (χ1v) is 11.8. The Balaban J connectivity index is 1.33. The van der Waals surface area contributed by atoms with E-state index in [1.165, 1.54) is 22.5 Å². The Hall–Kier alpha value is -4.18. The Morgan fingerprint density at radius 1 is 0.486 bits per heavy atom. The fourth-order valence-corrected chi connectivity index (χ4v) is 3.65. The number of nitrogens with zero attached hydrogens (tertiary/aromatic N) is 4. The summed E-state index contributed by atoms with van der Waals surface area (Å²) in [5, 5.41) is 0. The predicted octanol–water partition coefficient (Wildman–Crippen LogP) is 6.91. The first-order chi connectivity index (χ1) is 17.0. The maximum atomic E-state index is 4.61. The summed E-state index contributed by atoms with van der Waals surface area (Å²) in [6.07, 6.45) is 4.70. The van der Waals surface area contributed by atoms with Gasteiger partial charge in [-0.05, 0) is 77.2 Å². The van der Waals surface area contributed by atoms with Crippen LogP contribution in [0.25, 0.3) is 0 Å². The van der Waals surface area contributed by atoms with Crippen LogP contribution < -0.4 is 9.80 Å². The molecule has 0 atom stereocenters. The molecule has 0 unspecified atom stereocenters. The summed E-state index contributed by atoms with van der Waals surface area (Å²) in [5.74, 6) is 0. The van der Waals surface area contributed by atoms with Crippen LogP contribution in [0.1, 0.15) is 22.3 Å². The van der Waals surface area contributed by atoms with Gasteiger partial charge in [0.2, 0.25) is 0 Å². The first kappa shape index (κ1) is 24.0. The summed E-state index contributed by atoms with van der Waals surface area (Å²) in [5.41, 5.74) is 8.97. The van der Waals surface area contributed by atoms with Crippen LogP contribution in [0.5, 0.6) is 0 Å². The molecule has 0 aliphatic heterocycles. The van der Waals surface area contributed by atoms with E-state index in [-0.39, 0.29) is 0 Å². The van der Waals surface area contributed by atoms with E-state index in [1.807, 2.05) is 40.6 Å². The molecular formula is C31H32N4. The zero-order chi connectivity index (χ0) is 24.6. The van der Waals surface area contributed by atoms with Crippen molar-refractivity contribution in [1.82, 2.24) is 0 Å². The van der Waals surface area contributed by atoms with Crippen molar-refractivity contribution in [2.24, 2.45) is 9.98 Å². The van der Waals surface area contributed by atoms with Crippen molar-refractivity contribution in [1.29, 1.82) is 0 Å². The minimum Gasteiger partial charge on any atom is -0.378 e. The number of rotatable bonds is 8. The highest BCUT2D eigenvalue weighted by molar-refractivity contribution is 5.83. The van der Waals surface area contributed by atoms with Crippen molar-refractivity contribution >= 4 is 35.2 Å². The Morgan fingerprint density at radius 3 is 1.14 bits per heavy atom. The lowest BCUT2D eigenvalue weighted by atomic mass is 10.0. The minimum absolute atomic E-state index is 0.881. The SMILES string of the molecule is CN(C)c1ccc(C=Nc2ccc(Cc3ccc(N=Cc4ccc(N(C)C)cc4)cc3)cc2)cc1. The molecule has 0 bridgehead atoms. The van der Waals surface area contributed by atoms with Gasteiger partial charge in [0.15, 0.2) is 0 Å². The number of benzene rings is 4. The molecule has 0 N–H and O–H groups in total. The highest BCUT2D eigenvalue weighted by Gasteiger charge is 1.99. The van der Waals surface area contributed by atoms with Crippen molar-refractivity contribution in [2.45, 2.75) is 6.42 Å². The zero-order valence-electron chi connectivity index (χ0n) is 20.9. The molecule has 4 aromatic rings. The third-order valence-corrected chi connectivity index (χ3v) is 5.83. The molecule has 4 heteroatoms. The maximum Gasteiger partial charge on any atom is 0.0630 e. The fourth-order valence-electron chi connectivity index (χ4n) is 3.65. The monoisotopic (exact) mass is 460 g/mol. The van der Waals surface area contributed by atoms with Gasteiger partial charge in [0.25, 0.3) is 0 Å². The van der Waals surface area contributed by atoms with Crippen molar-refractivity contribution in [2.75, 3.05) is 38.0 Å². The van der Waals surface area contributed by atoms with E-state index in [4.69, 9.17) is 0 Å². The van der Waals surface area contributed by atoms with Gasteiger partial charge in [-0.2, -0.15) is 0 Å². The molecule has 0 aliphatic rings. The summed E-state index contributed by atoms with van der Waals surface area (Å²) in [6.45, 7) is 0. The van der Waals surface area contributed by atoms with Crippen molar-refractivity contribution in [3.8, 4) is 0 Å². The van der Waals surface area contributed by atoms with E-state index in [2.05, 4.69) is 117 Å². The summed E-state index contributed by atoms with van der Waals surface area (Å²) in [7, 11) is 8.17. The summed E-state index contributed by atoms with van der Waals surface area (Å²) >= 11 is 0. The predicted molar refractivity (Wildman–Crippen MR) is 152 cm³/mol. The van der Waals surface area contributed by atoms with E-state index in [1.54, 1.807) is 0 Å². The lowest BCUT2D eigenvalue weighted by Crippen LogP contribution is -2.08. The Morgan fingerprint density at radius 2 is 0.829 bits per heavy atom. The van der Waals surface area contributed by atoms with Gasteiger partial charge in [-0.15, -0.1) is 0 Å². The zero-order valence-corrected chi connectivity index (χ0v) is 20.9. The second-order valence-electron chi connectivity index (χ2n) is 9.00. The van der Waals surface area contributed by atoms with Gasteiger partial charge in [-0.25, -0.2) is 0 Å². The third-order valence-electron chi connectivity index (χ3n) is 5.83. The van der Waals surface area contributed by atoms with Crippen molar-refractivity contribution in [3.05, 3.63) is 119 Å². The molecule has 4 aromatic carbocycles. The molecule has 0 aliphatic carbocycles. The molecular weight excluding hydrogens is 428 g/mol. The number of hydrogen-bond acceptors (Lipinski definition) is 4. The van der Waals surface area contributed by atoms with Gasteiger partial charge < -0.3 is 9.80 Å². The summed E-state index contributed by atoms with van der Waals surface area (Å²) in [6, 6.07) is 33.6. The number of anilines is 2. The van der Waals surface area contributed by atoms with Gasteiger partial charge >= 0.3 is 0 Å². The number of aliphatic imine (C=N–C) groups is 2. The molecule has 0 amide bonds. The van der Waals surface area contributed by atoms with E-state index >= 15 is 0 Å². The smallest absolute Gasteiger partial charge is 0.0630 e. The van der Waals surface area contributed by atoms with Gasteiger partial charge in [-0.3, -0.25) is 9.98 Å². The Labute approximate surface area is 208 Å². The quantitative estimate of drug-likeness (QED) is 0.268. The van der Waals surface area contributed by atoms with Crippen LogP contribution in [-0.4, -0.2) is 40.6 Å². The van der Waals surface area contributed by atoms with Crippen LogP contribution in [0, 0.1) is 0 Å². The second kappa shape index (κ2) is 11.3. The Bertz CT molecular complexity index is 1160. The molecule has 35 heavy (non-hydrogen) atoms. The van der Waals surface area contributed by atoms with Crippen LogP contribution in [0.3, 0.4) is 0 Å². The topological polar surface area (TPSA) is 31.2 Å². The molecule has 0 saturated carbocycles. The standard InChI is InChI=1S/C31H32N4/c1-34(2)30-17-9-26(10-18-30)22-32-28-13-5-24(6-14-28)21-25-7-15-29(16-8-25)33-23-27-11-19-31(20-12-27)35(3)4/h5-20,22-23H,21H2,1-4H3. The number of hydrogen-bond donors (Lipinski definition) is 0. The van der Waals surface area contributed by atoms with Gasteiger partial charge in [0.05, 0.1) is 11.4 Å². The lowest BCUT2D eigenvalue weighted by Gasteiger charge is -2.11. The van der Waals surface area contributed by atoms with E-state index < -0.39 is 0 Å². The average molecular weight is 461 g/mol. The van der Waals surface area contributed by atoms with Crippen molar-refractivity contribution < 1.29 is 0 Å².